The second kappa shape index (κ2) is 22.0. The van der Waals surface area contributed by atoms with Crippen molar-refractivity contribution in [2.75, 3.05) is 9.80 Å². The molecule has 19 rings (SSSR count). The molecule has 4 aromatic heterocycles. The molecule has 17 aromatic rings. The van der Waals surface area contributed by atoms with E-state index in [0.29, 0.717) is 23.3 Å². The Labute approximate surface area is 547 Å². The number of hydrogen-bond acceptors (Lipinski definition) is 8. The number of nitrogens with zero attached hydrogens (tertiary/aromatic N) is 8. The third kappa shape index (κ3) is 8.91. The molecule has 10 heteroatoms. The largest absolute Gasteiger partial charge is 0.455 e. The number of para-hydroxylation sites is 5. The van der Waals surface area contributed by atoms with E-state index in [1.165, 1.54) is 39.1 Å². The molecular formula is C85H53BN8O. The zero-order valence-electron chi connectivity index (χ0n) is 51.2. The molecule has 0 N–H and O–H groups in total. The summed E-state index contributed by atoms with van der Waals surface area (Å²) in [5.74, 6) is 2.20. The van der Waals surface area contributed by atoms with Crippen LogP contribution in [0.1, 0.15) is 0 Å². The van der Waals surface area contributed by atoms with Gasteiger partial charge in [0.1, 0.15) is 11.2 Å². The fraction of sp³-hybridized carbons (Fsp3) is 0. The summed E-state index contributed by atoms with van der Waals surface area (Å²) in [6, 6.07) is 113. The van der Waals surface area contributed by atoms with E-state index in [2.05, 4.69) is 257 Å². The molecule has 0 saturated heterocycles. The third-order valence-electron chi connectivity index (χ3n) is 18.9. The molecule has 442 valence electrons. The second-order valence-electron chi connectivity index (χ2n) is 24.3. The van der Waals surface area contributed by atoms with Gasteiger partial charge in [0.2, 0.25) is 0 Å². The Bertz CT molecular complexity index is 5820. The lowest BCUT2D eigenvalue weighted by Crippen LogP contribution is -2.61. The van der Waals surface area contributed by atoms with Crippen LogP contribution >= 0.6 is 0 Å². The molecule has 2 aliphatic heterocycles. The molecule has 0 aliphatic carbocycles. The van der Waals surface area contributed by atoms with Crippen molar-refractivity contribution < 1.29 is 4.42 Å². The van der Waals surface area contributed by atoms with Crippen LogP contribution in [0.15, 0.2) is 326 Å². The molecule has 13 aromatic carbocycles. The molecular weight excluding hydrogens is 1160 g/mol. The van der Waals surface area contributed by atoms with Gasteiger partial charge in [0.25, 0.3) is 6.71 Å². The van der Waals surface area contributed by atoms with Gasteiger partial charge in [0.15, 0.2) is 23.3 Å². The third-order valence-corrected chi connectivity index (χ3v) is 18.9. The Kier molecular flexibility index (Phi) is 12.5. The molecule has 0 amide bonds. The molecule has 6 heterocycles. The summed E-state index contributed by atoms with van der Waals surface area (Å²) in [5.41, 5.74) is 24.3. The highest BCUT2D eigenvalue weighted by Crippen LogP contribution is 2.46. The number of benzene rings is 13. The van der Waals surface area contributed by atoms with Crippen LogP contribution in [-0.2, 0) is 0 Å². The minimum absolute atomic E-state index is 0.0622. The first-order valence-electron chi connectivity index (χ1n) is 32.1. The Hall–Kier alpha value is -12.8. The number of aromatic nitrogens is 6. The number of furan rings is 1. The Morgan fingerprint density at radius 2 is 0.789 bits per heavy atom. The van der Waals surface area contributed by atoms with Gasteiger partial charge in [0, 0.05) is 83.7 Å². The predicted octanol–water partition coefficient (Wildman–Crippen LogP) is 19.4. The monoisotopic (exact) mass is 1210 g/mol. The van der Waals surface area contributed by atoms with E-state index in [0.717, 1.165) is 117 Å². The maximum absolute atomic E-state index is 6.82. The van der Waals surface area contributed by atoms with Gasteiger partial charge >= 0.3 is 0 Å². The van der Waals surface area contributed by atoms with Gasteiger partial charge in [-0.1, -0.05) is 218 Å². The first kappa shape index (κ1) is 54.0. The number of hydrogen-bond donors (Lipinski definition) is 0. The van der Waals surface area contributed by atoms with E-state index in [1.807, 2.05) is 78.9 Å². The molecule has 2 aliphatic rings. The fourth-order valence-corrected chi connectivity index (χ4v) is 14.6. The van der Waals surface area contributed by atoms with Crippen molar-refractivity contribution in [3.05, 3.63) is 322 Å². The molecule has 9 nitrogen and oxygen atoms in total. The fourth-order valence-electron chi connectivity index (χ4n) is 14.6. The van der Waals surface area contributed by atoms with Crippen molar-refractivity contribution in [2.45, 2.75) is 0 Å². The van der Waals surface area contributed by atoms with Crippen LogP contribution in [0.3, 0.4) is 0 Å². The summed E-state index contributed by atoms with van der Waals surface area (Å²) in [6.07, 6.45) is 0. The molecule has 0 radical (unpaired) electrons. The maximum atomic E-state index is 6.82. The van der Waals surface area contributed by atoms with Gasteiger partial charge in [-0.2, -0.15) is 0 Å². The molecule has 95 heavy (non-hydrogen) atoms. The summed E-state index contributed by atoms with van der Waals surface area (Å²) in [6.45, 7) is 0.0622. The van der Waals surface area contributed by atoms with Crippen molar-refractivity contribution >= 4 is 101 Å². The van der Waals surface area contributed by atoms with Gasteiger partial charge in [-0.3, -0.25) is 0 Å². The molecule has 0 atom stereocenters. The predicted molar refractivity (Wildman–Crippen MR) is 389 cm³/mol. The second-order valence-corrected chi connectivity index (χ2v) is 24.3. The van der Waals surface area contributed by atoms with Crippen molar-refractivity contribution in [3.8, 4) is 84.9 Å². The topological polar surface area (TPSA) is 89.0 Å². The maximum Gasteiger partial charge on any atom is 0.252 e. The summed E-state index contributed by atoms with van der Waals surface area (Å²) < 4.78 is 9.15. The quantitative estimate of drug-likeness (QED) is 0.125. The number of anilines is 6. The van der Waals surface area contributed by atoms with E-state index in [1.54, 1.807) is 0 Å². The average Bonchev–Trinajstić information content (AvgIpc) is 1.66. The van der Waals surface area contributed by atoms with Gasteiger partial charge in [-0.15, -0.1) is 0 Å². The van der Waals surface area contributed by atoms with Gasteiger partial charge in [0.05, 0.1) is 33.5 Å². The Morgan fingerprint density at radius 1 is 0.284 bits per heavy atom. The molecule has 0 saturated carbocycles. The number of fused-ring (bicyclic) bond motifs is 11. The van der Waals surface area contributed by atoms with Crippen molar-refractivity contribution in [3.63, 3.8) is 0 Å². The minimum Gasteiger partial charge on any atom is -0.455 e. The average molecular weight is 1210 g/mol. The molecule has 0 bridgehead atoms. The minimum atomic E-state index is 0.0622. The van der Waals surface area contributed by atoms with Crippen LogP contribution in [-0.4, -0.2) is 36.2 Å². The van der Waals surface area contributed by atoms with Crippen molar-refractivity contribution in [1.29, 1.82) is 0 Å². The summed E-state index contributed by atoms with van der Waals surface area (Å²) >= 11 is 0. The first-order valence-corrected chi connectivity index (χ1v) is 32.1. The van der Waals surface area contributed by atoms with Crippen LogP contribution < -0.4 is 26.2 Å². The van der Waals surface area contributed by atoms with Crippen LogP contribution in [0.5, 0.6) is 0 Å². The highest BCUT2D eigenvalue weighted by molar-refractivity contribution is 7.00. The Balaban J connectivity index is 0.771. The van der Waals surface area contributed by atoms with Crippen LogP contribution in [0.2, 0.25) is 0 Å². The summed E-state index contributed by atoms with van der Waals surface area (Å²) in [5, 5.41) is 4.24. The van der Waals surface area contributed by atoms with Crippen molar-refractivity contribution in [1.82, 2.24) is 29.5 Å². The lowest BCUT2D eigenvalue weighted by Gasteiger charge is -2.44. The van der Waals surface area contributed by atoms with E-state index in [-0.39, 0.29) is 6.71 Å². The zero-order valence-corrected chi connectivity index (χ0v) is 51.2. The van der Waals surface area contributed by atoms with Gasteiger partial charge < -0.3 is 18.8 Å². The van der Waals surface area contributed by atoms with Crippen LogP contribution in [0, 0.1) is 0 Å². The molecule has 0 unspecified atom stereocenters. The van der Waals surface area contributed by atoms with E-state index in [9.17, 15) is 0 Å². The smallest absolute Gasteiger partial charge is 0.252 e. The van der Waals surface area contributed by atoms with Crippen LogP contribution in [0.25, 0.3) is 129 Å². The van der Waals surface area contributed by atoms with E-state index >= 15 is 0 Å². The van der Waals surface area contributed by atoms with Crippen molar-refractivity contribution in [2.24, 2.45) is 0 Å². The number of rotatable bonds is 10. The van der Waals surface area contributed by atoms with E-state index in [4.69, 9.17) is 29.3 Å². The Morgan fingerprint density at radius 3 is 1.46 bits per heavy atom. The van der Waals surface area contributed by atoms with Crippen LogP contribution in [0.4, 0.5) is 34.1 Å². The van der Waals surface area contributed by atoms with Gasteiger partial charge in [-0.05, 0) is 131 Å². The lowest BCUT2D eigenvalue weighted by atomic mass is 9.33. The summed E-state index contributed by atoms with van der Waals surface area (Å²) in [4.78, 5) is 31.7. The molecule has 0 spiro atoms. The SMILES string of the molecule is c1ccc(-c2cc(-c3cccc(-c4ccc(N5c6ccccc6B6c7ccccc7N(c7ccccc7)c7cccc5c76)cc4)c3)nc(-c3cc(-c4nc(-c5ccccc5)nc(-c5ccccc5)n4)ccc3-n3c4ccccc4c4c5oc6ccccc6c5ccc43)n2)cc1. The highest BCUT2D eigenvalue weighted by atomic mass is 16.3. The zero-order chi connectivity index (χ0) is 62.5. The molecule has 0 fully saturated rings. The first-order chi connectivity index (χ1) is 47.1. The lowest BCUT2D eigenvalue weighted by molar-refractivity contribution is 0.673. The normalized spacial score (nSPS) is 12.4. The standard InChI is InChI=1S/C85H53BN8O/c1-5-23-55(24-6-1)69-53-70(59-30-21-29-58(51-59)54-43-46-62(47-44-54)93-74-39-19-16-36-68(74)86-67-35-15-18-38-73(67)92(61-31-11-4-12-32-61)76-40-22-41-77(93)80(76)86)88-85(87-69)66-52-60(84-90-82(56-25-7-2-8-26-56)89-83(91-84)57-27-9-3-10-28-57)45-49-72(66)94-71-37-17-13-34-65(71)79-75(94)50-48-64-63-33-14-20-42-78(63)95-81(64)79/h1-53H. The van der Waals surface area contributed by atoms with E-state index < -0.39 is 0 Å². The highest BCUT2D eigenvalue weighted by Gasteiger charge is 2.43. The summed E-state index contributed by atoms with van der Waals surface area (Å²) in [7, 11) is 0. The van der Waals surface area contributed by atoms with Gasteiger partial charge in [-0.25, -0.2) is 24.9 Å².